The fraction of sp³-hybridized carbons (Fsp3) is 0. The molecule has 0 radical (unpaired) electrons. The molecule has 1 amide bonds. The fourth-order valence-electron chi connectivity index (χ4n) is 1.99. The van der Waals surface area contributed by atoms with Crippen molar-refractivity contribution in [1.82, 2.24) is 5.32 Å². The van der Waals surface area contributed by atoms with E-state index in [2.05, 4.69) is 10.3 Å². The van der Waals surface area contributed by atoms with E-state index in [0.29, 0.717) is 15.8 Å². The molecule has 3 rings (SSSR count). The first-order valence-corrected chi connectivity index (χ1v) is 7.73. The SMILES string of the molecule is O=C1NC(=Nc2ccc([O-])cc2)S/C1=C\c1ccc(C(=O)O)cc1. The average Bonchev–Trinajstić information content (AvgIpc) is 2.89. The largest absolute Gasteiger partial charge is 0.872 e. The second-order valence-corrected chi connectivity index (χ2v) is 5.93. The summed E-state index contributed by atoms with van der Waals surface area (Å²) in [7, 11) is 0. The fourth-order valence-corrected chi connectivity index (χ4v) is 2.83. The summed E-state index contributed by atoms with van der Waals surface area (Å²) >= 11 is 1.18. The number of carboxylic acid groups (broad SMARTS) is 1. The van der Waals surface area contributed by atoms with E-state index in [0.717, 1.165) is 5.56 Å². The molecular weight excluding hydrogens is 328 g/mol. The summed E-state index contributed by atoms with van der Waals surface area (Å²) in [4.78, 5) is 27.5. The summed E-state index contributed by atoms with van der Waals surface area (Å²) in [6.45, 7) is 0. The molecule has 0 atom stereocenters. The van der Waals surface area contributed by atoms with Crippen LogP contribution in [-0.2, 0) is 4.79 Å². The number of amides is 1. The van der Waals surface area contributed by atoms with Gasteiger partial charge in [0.25, 0.3) is 5.91 Å². The van der Waals surface area contributed by atoms with Crippen LogP contribution in [-0.4, -0.2) is 22.2 Å². The van der Waals surface area contributed by atoms with E-state index in [9.17, 15) is 14.7 Å². The number of carbonyl (C=O) groups excluding carboxylic acids is 1. The Bertz CT molecular complexity index is 855. The quantitative estimate of drug-likeness (QED) is 0.836. The van der Waals surface area contributed by atoms with Crippen LogP contribution < -0.4 is 10.4 Å². The third kappa shape index (κ3) is 3.64. The van der Waals surface area contributed by atoms with Crippen LogP contribution in [0.15, 0.2) is 58.4 Å². The molecule has 0 bridgehead atoms. The van der Waals surface area contributed by atoms with Crippen LogP contribution in [0.3, 0.4) is 0 Å². The van der Waals surface area contributed by atoms with E-state index in [1.807, 2.05) is 0 Å². The average molecular weight is 339 g/mol. The van der Waals surface area contributed by atoms with Crippen LogP contribution in [0.2, 0.25) is 0 Å². The zero-order valence-electron chi connectivity index (χ0n) is 12.2. The van der Waals surface area contributed by atoms with E-state index in [1.54, 1.807) is 30.3 Å². The van der Waals surface area contributed by atoms with Crippen molar-refractivity contribution in [2.75, 3.05) is 0 Å². The van der Waals surface area contributed by atoms with Crippen LogP contribution in [0.4, 0.5) is 5.69 Å². The van der Waals surface area contributed by atoms with E-state index >= 15 is 0 Å². The van der Waals surface area contributed by atoms with Gasteiger partial charge in [-0.15, -0.1) is 5.75 Å². The summed E-state index contributed by atoms with van der Waals surface area (Å²) in [5.41, 5.74) is 1.48. The summed E-state index contributed by atoms with van der Waals surface area (Å²) in [5.74, 6) is -1.38. The molecule has 0 unspecified atom stereocenters. The number of aromatic carboxylic acids is 1. The molecule has 1 aliphatic rings. The second kappa shape index (κ2) is 6.59. The summed E-state index contributed by atoms with van der Waals surface area (Å²) in [5, 5.41) is 23.0. The molecule has 0 aromatic heterocycles. The predicted molar refractivity (Wildman–Crippen MR) is 90.1 cm³/mol. The number of hydrogen-bond donors (Lipinski definition) is 2. The Labute approximate surface area is 141 Å². The number of benzene rings is 2. The van der Waals surface area contributed by atoms with Crippen molar-refractivity contribution in [2.45, 2.75) is 0 Å². The third-order valence-corrected chi connectivity index (χ3v) is 4.08. The van der Waals surface area contributed by atoms with E-state index in [1.165, 1.54) is 36.0 Å². The number of nitrogens with one attached hydrogen (secondary N) is 1. The highest BCUT2D eigenvalue weighted by Gasteiger charge is 2.23. The molecule has 0 spiro atoms. The normalized spacial score (nSPS) is 17.2. The highest BCUT2D eigenvalue weighted by atomic mass is 32.2. The van der Waals surface area contributed by atoms with E-state index in [-0.39, 0.29) is 17.2 Å². The molecule has 1 fully saturated rings. The molecule has 1 aliphatic heterocycles. The lowest BCUT2D eigenvalue weighted by Crippen LogP contribution is -2.19. The highest BCUT2D eigenvalue weighted by Crippen LogP contribution is 2.28. The smallest absolute Gasteiger partial charge is 0.335 e. The number of thioether (sulfide) groups is 1. The minimum Gasteiger partial charge on any atom is -0.872 e. The molecule has 2 aromatic rings. The van der Waals surface area contributed by atoms with Gasteiger partial charge in [-0.1, -0.05) is 24.3 Å². The van der Waals surface area contributed by atoms with Crippen molar-refractivity contribution < 1.29 is 19.8 Å². The number of rotatable bonds is 3. The maximum atomic E-state index is 12.0. The molecule has 2 aromatic carbocycles. The van der Waals surface area contributed by atoms with Crippen LogP contribution in [0.25, 0.3) is 6.08 Å². The number of nitrogens with zero attached hydrogens (tertiary/aromatic N) is 1. The Morgan fingerprint density at radius 1 is 1.12 bits per heavy atom. The van der Waals surface area contributed by atoms with Gasteiger partial charge in [0.05, 0.1) is 16.2 Å². The molecule has 24 heavy (non-hydrogen) atoms. The van der Waals surface area contributed by atoms with Gasteiger partial charge in [0.15, 0.2) is 5.17 Å². The maximum absolute atomic E-state index is 12.0. The van der Waals surface area contributed by atoms with Gasteiger partial charge in [0.1, 0.15) is 0 Å². The maximum Gasteiger partial charge on any atom is 0.335 e. The van der Waals surface area contributed by atoms with Gasteiger partial charge in [-0.2, -0.15) is 0 Å². The Morgan fingerprint density at radius 3 is 2.42 bits per heavy atom. The number of hydrogen-bond acceptors (Lipinski definition) is 5. The topological polar surface area (TPSA) is 102 Å². The molecule has 7 heteroatoms. The van der Waals surface area contributed by atoms with Gasteiger partial charge in [-0.25, -0.2) is 9.79 Å². The Hall–Kier alpha value is -3.06. The number of carboxylic acids is 1. The summed E-state index contributed by atoms with van der Waals surface area (Å²) < 4.78 is 0. The number of amidine groups is 1. The highest BCUT2D eigenvalue weighted by molar-refractivity contribution is 8.18. The summed E-state index contributed by atoms with van der Waals surface area (Å²) in [6, 6.07) is 12.2. The van der Waals surface area contributed by atoms with Gasteiger partial charge in [0, 0.05) is 0 Å². The van der Waals surface area contributed by atoms with E-state index < -0.39 is 5.97 Å². The first-order chi connectivity index (χ1) is 11.5. The van der Waals surface area contributed by atoms with Crippen LogP contribution in [0.1, 0.15) is 15.9 Å². The predicted octanol–water partition coefficient (Wildman–Crippen LogP) is 2.35. The Balaban J connectivity index is 1.79. The van der Waals surface area contributed by atoms with Crippen LogP contribution >= 0.6 is 11.8 Å². The zero-order valence-corrected chi connectivity index (χ0v) is 13.0. The molecule has 1 saturated heterocycles. The molecular formula is C17H11N2O4S-. The molecule has 2 N–H and O–H groups in total. The van der Waals surface area contributed by atoms with Crippen LogP contribution in [0, 0.1) is 0 Å². The molecule has 0 aliphatic carbocycles. The van der Waals surface area contributed by atoms with Crippen molar-refractivity contribution >= 4 is 40.6 Å². The first-order valence-electron chi connectivity index (χ1n) is 6.91. The summed E-state index contributed by atoms with van der Waals surface area (Å²) in [6.07, 6.45) is 1.66. The van der Waals surface area contributed by atoms with Gasteiger partial charge in [-0.3, -0.25) is 4.79 Å². The van der Waals surface area contributed by atoms with Crippen molar-refractivity contribution in [3.63, 3.8) is 0 Å². The number of carbonyl (C=O) groups is 2. The van der Waals surface area contributed by atoms with Crippen molar-refractivity contribution in [3.05, 3.63) is 64.6 Å². The Kier molecular flexibility index (Phi) is 4.35. The molecule has 120 valence electrons. The van der Waals surface area contributed by atoms with E-state index in [4.69, 9.17) is 5.11 Å². The lowest BCUT2D eigenvalue weighted by Gasteiger charge is -2.03. The van der Waals surface area contributed by atoms with Crippen molar-refractivity contribution in [1.29, 1.82) is 0 Å². The van der Waals surface area contributed by atoms with Crippen molar-refractivity contribution in [2.24, 2.45) is 4.99 Å². The first kappa shape index (κ1) is 15.8. The monoisotopic (exact) mass is 339 g/mol. The molecule has 0 saturated carbocycles. The van der Waals surface area contributed by atoms with Gasteiger partial charge in [0.2, 0.25) is 0 Å². The Morgan fingerprint density at radius 2 is 1.79 bits per heavy atom. The molecule has 1 heterocycles. The lowest BCUT2D eigenvalue weighted by molar-refractivity contribution is -0.268. The number of aliphatic imine (C=N–C) groups is 1. The minimum atomic E-state index is -0.999. The van der Waals surface area contributed by atoms with Gasteiger partial charge < -0.3 is 15.5 Å². The second-order valence-electron chi connectivity index (χ2n) is 4.90. The third-order valence-electron chi connectivity index (χ3n) is 3.17. The minimum absolute atomic E-state index is 0.104. The standard InChI is InChI=1S/C17H12N2O4S/c20-13-7-5-12(6-8-13)18-17-19-15(21)14(24-17)9-10-1-3-11(4-2-10)16(22)23/h1-9,20H,(H,22,23)(H,18,19,21)/p-1/b14-9-. The van der Waals surface area contributed by atoms with Crippen molar-refractivity contribution in [3.8, 4) is 5.75 Å². The lowest BCUT2D eigenvalue weighted by atomic mass is 10.1. The van der Waals surface area contributed by atoms with Gasteiger partial charge >= 0.3 is 5.97 Å². The zero-order chi connectivity index (χ0) is 17.1. The van der Waals surface area contributed by atoms with Gasteiger partial charge in [-0.05, 0) is 47.7 Å². The molecule has 6 nitrogen and oxygen atoms in total. The van der Waals surface area contributed by atoms with Crippen LogP contribution in [0.5, 0.6) is 5.75 Å².